The number of carbonyl (C=O) groups excluding carboxylic acids is 1. The molecule has 0 saturated carbocycles. The van der Waals surface area contributed by atoms with E-state index in [1.165, 1.54) is 12.3 Å². The van der Waals surface area contributed by atoms with Gasteiger partial charge in [0.15, 0.2) is 6.61 Å². The summed E-state index contributed by atoms with van der Waals surface area (Å²) in [6.07, 6.45) is 1.47. The van der Waals surface area contributed by atoms with Crippen LogP contribution in [0.1, 0.15) is 10.4 Å². The number of pyridine rings is 1. The van der Waals surface area contributed by atoms with Gasteiger partial charge in [-0.3, -0.25) is 4.79 Å². The molecule has 2 rings (SSSR count). The largest absolute Gasteiger partial charge is 0.479 e. The van der Waals surface area contributed by atoms with Crippen LogP contribution < -0.4 is 10.1 Å². The molecule has 0 unspecified atom stereocenters. The topological polar surface area (TPSA) is 75.0 Å². The molecule has 0 fully saturated rings. The van der Waals surface area contributed by atoms with E-state index in [1.54, 1.807) is 30.3 Å². The smallest absolute Gasteiger partial charge is 0.255 e. The Labute approximate surface area is 120 Å². The lowest BCUT2D eigenvalue weighted by atomic mass is 10.2. The van der Waals surface area contributed by atoms with E-state index in [2.05, 4.69) is 10.3 Å². The molecule has 1 amide bonds. The van der Waals surface area contributed by atoms with E-state index in [0.717, 1.165) is 0 Å². The first-order valence-electron chi connectivity index (χ1n) is 5.72. The van der Waals surface area contributed by atoms with Crippen molar-refractivity contribution in [1.29, 1.82) is 5.26 Å². The van der Waals surface area contributed by atoms with Gasteiger partial charge in [-0.25, -0.2) is 4.98 Å². The highest BCUT2D eigenvalue weighted by molar-refractivity contribution is 6.29. The third kappa shape index (κ3) is 3.70. The number of nitrogens with zero attached hydrogens (tertiary/aromatic N) is 2. The number of hydrogen-bond donors (Lipinski definition) is 1. The van der Waals surface area contributed by atoms with Crippen LogP contribution in [-0.2, 0) is 0 Å². The van der Waals surface area contributed by atoms with Crippen molar-refractivity contribution in [3.63, 3.8) is 0 Å². The molecule has 5 nitrogen and oxygen atoms in total. The molecule has 1 aromatic heterocycles. The van der Waals surface area contributed by atoms with Crippen molar-refractivity contribution >= 4 is 23.2 Å². The maximum absolute atomic E-state index is 12.0. The number of nitriles is 1. The van der Waals surface area contributed by atoms with Crippen LogP contribution in [0.5, 0.6) is 5.75 Å². The maximum Gasteiger partial charge on any atom is 0.255 e. The van der Waals surface area contributed by atoms with Gasteiger partial charge >= 0.3 is 0 Å². The van der Waals surface area contributed by atoms with Crippen LogP contribution in [0.4, 0.5) is 5.69 Å². The van der Waals surface area contributed by atoms with Gasteiger partial charge in [0.1, 0.15) is 17.0 Å². The highest BCUT2D eigenvalue weighted by Gasteiger charge is 2.07. The standard InChI is InChI=1S/C14H10ClN3O2/c15-13-9-10(5-7-17-13)14(19)18-11-1-3-12(4-2-11)20-8-6-16/h1-5,7,9H,8H2,(H,18,19). The SMILES string of the molecule is N#CCOc1ccc(NC(=O)c2ccnc(Cl)c2)cc1. The van der Waals surface area contributed by atoms with Crippen molar-refractivity contribution in [2.24, 2.45) is 0 Å². The first-order valence-corrected chi connectivity index (χ1v) is 6.09. The lowest BCUT2D eigenvalue weighted by Gasteiger charge is -2.06. The molecule has 1 N–H and O–H groups in total. The zero-order valence-electron chi connectivity index (χ0n) is 10.3. The fraction of sp³-hybridized carbons (Fsp3) is 0.0714. The van der Waals surface area contributed by atoms with E-state index >= 15 is 0 Å². The Kier molecular flexibility index (Phi) is 4.53. The second kappa shape index (κ2) is 6.55. The van der Waals surface area contributed by atoms with Gasteiger partial charge in [0.2, 0.25) is 0 Å². The number of nitrogens with one attached hydrogen (secondary N) is 1. The summed E-state index contributed by atoms with van der Waals surface area (Å²) in [6, 6.07) is 11.7. The molecule has 0 spiro atoms. The third-order valence-electron chi connectivity index (χ3n) is 2.40. The molecular weight excluding hydrogens is 278 g/mol. The Morgan fingerprint density at radius 1 is 1.35 bits per heavy atom. The van der Waals surface area contributed by atoms with Gasteiger partial charge < -0.3 is 10.1 Å². The average molecular weight is 288 g/mol. The molecular formula is C14H10ClN3O2. The van der Waals surface area contributed by atoms with Crippen LogP contribution in [0.25, 0.3) is 0 Å². The van der Waals surface area contributed by atoms with Crippen LogP contribution in [0.15, 0.2) is 42.6 Å². The van der Waals surface area contributed by atoms with Crippen molar-refractivity contribution in [3.8, 4) is 11.8 Å². The summed E-state index contributed by atoms with van der Waals surface area (Å²) in [7, 11) is 0. The Hall–Kier alpha value is -2.58. The molecule has 6 heteroatoms. The van der Waals surface area contributed by atoms with E-state index < -0.39 is 0 Å². The van der Waals surface area contributed by atoms with Gasteiger partial charge in [0.05, 0.1) is 0 Å². The summed E-state index contributed by atoms with van der Waals surface area (Å²) in [5, 5.41) is 11.4. The minimum atomic E-state index is -0.278. The van der Waals surface area contributed by atoms with Crippen LogP contribution in [0, 0.1) is 11.3 Å². The summed E-state index contributed by atoms with van der Waals surface area (Å²) in [5.41, 5.74) is 1.04. The van der Waals surface area contributed by atoms with Crippen LogP contribution in [-0.4, -0.2) is 17.5 Å². The van der Waals surface area contributed by atoms with E-state index in [-0.39, 0.29) is 17.7 Å². The monoisotopic (exact) mass is 287 g/mol. The minimum absolute atomic E-state index is 0.0127. The Morgan fingerprint density at radius 2 is 2.10 bits per heavy atom. The molecule has 20 heavy (non-hydrogen) atoms. The van der Waals surface area contributed by atoms with E-state index in [0.29, 0.717) is 17.0 Å². The van der Waals surface area contributed by atoms with Crippen molar-refractivity contribution in [3.05, 3.63) is 53.3 Å². The summed E-state index contributed by atoms with van der Waals surface area (Å²) >= 11 is 5.73. The van der Waals surface area contributed by atoms with E-state index in [9.17, 15) is 4.79 Å². The van der Waals surface area contributed by atoms with Crippen molar-refractivity contribution in [1.82, 2.24) is 4.98 Å². The molecule has 0 bridgehead atoms. The number of rotatable bonds is 4. The lowest BCUT2D eigenvalue weighted by Crippen LogP contribution is -2.11. The van der Waals surface area contributed by atoms with E-state index in [1.807, 2.05) is 6.07 Å². The predicted molar refractivity (Wildman–Crippen MR) is 74.8 cm³/mol. The number of carbonyl (C=O) groups is 1. The second-order valence-electron chi connectivity index (χ2n) is 3.79. The Bertz CT molecular complexity index is 650. The average Bonchev–Trinajstić information content (AvgIpc) is 2.46. The fourth-order valence-corrected chi connectivity index (χ4v) is 1.67. The van der Waals surface area contributed by atoms with Gasteiger partial charge in [0, 0.05) is 17.4 Å². The molecule has 0 radical (unpaired) electrons. The second-order valence-corrected chi connectivity index (χ2v) is 4.18. The number of aromatic nitrogens is 1. The maximum atomic E-state index is 12.0. The zero-order chi connectivity index (χ0) is 14.4. The molecule has 0 saturated heterocycles. The Morgan fingerprint density at radius 3 is 2.75 bits per heavy atom. The highest BCUT2D eigenvalue weighted by Crippen LogP contribution is 2.17. The van der Waals surface area contributed by atoms with Crippen molar-refractivity contribution in [2.75, 3.05) is 11.9 Å². The molecule has 0 aliphatic rings. The van der Waals surface area contributed by atoms with Crippen LogP contribution >= 0.6 is 11.6 Å². The molecule has 0 aliphatic carbocycles. The molecule has 0 aliphatic heterocycles. The normalized spacial score (nSPS) is 9.60. The van der Waals surface area contributed by atoms with Gasteiger partial charge in [-0.05, 0) is 36.4 Å². The third-order valence-corrected chi connectivity index (χ3v) is 2.61. The number of amides is 1. The first kappa shape index (κ1) is 13.8. The number of halogens is 1. The van der Waals surface area contributed by atoms with Gasteiger partial charge in [0.25, 0.3) is 5.91 Å². The van der Waals surface area contributed by atoms with E-state index in [4.69, 9.17) is 21.6 Å². The molecule has 1 aromatic carbocycles. The van der Waals surface area contributed by atoms with Crippen LogP contribution in [0.2, 0.25) is 5.15 Å². The Balaban J connectivity index is 2.03. The summed E-state index contributed by atoms with van der Waals surface area (Å²) in [6.45, 7) is -0.0127. The number of anilines is 1. The van der Waals surface area contributed by atoms with Gasteiger partial charge in [-0.1, -0.05) is 11.6 Å². The van der Waals surface area contributed by atoms with Gasteiger partial charge in [-0.2, -0.15) is 5.26 Å². The molecule has 0 atom stereocenters. The molecule has 2 aromatic rings. The summed E-state index contributed by atoms with van der Waals surface area (Å²) in [5.74, 6) is 0.288. The summed E-state index contributed by atoms with van der Waals surface area (Å²) in [4.78, 5) is 15.8. The van der Waals surface area contributed by atoms with Crippen LogP contribution in [0.3, 0.4) is 0 Å². The number of benzene rings is 1. The number of hydrogen-bond acceptors (Lipinski definition) is 4. The zero-order valence-corrected chi connectivity index (χ0v) is 11.1. The molecule has 1 heterocycles. The highest BCUT2D eigenvalue weighted by atomic mass is 35.5. The molecule has 100 valence electrons. The quantitative estimate of drug-likeness (QED) is 0.877. The van der Waals surface area contributed by atoms with Crippen molar-refractivity contribution < 1.29 is 9.53 Å². The minimum Gasteiger partial charge on any atom is -0.479 e. The number of ether oxygens (including phenoxy) is 1. The predicted octanol–water partition coefficient (Wildman–Crippen LogP) is 2.89. The lowest BCUT2D eigenvalue weighted by molar-refractivity contribution is 0.102. The van der Waals surface area contributed by atoms with Gasteiger partial charge in [-0.15, -0.1) is 0 Å². The summed E-state index contributed by atoms with van der Waals surface area (Å²) < 4.78 is 5.12. The first-order chi connectivity index (χ1) is 9.69. The fourth-order valence-electron chi connectivity index (χ4n) is 1.50. The van der Waals surface area contributed by atoms with Crippen molar-refractivity contribution in [2.45, 2.75) is 0 Å².